The first-order valence-electron chi connectivity index (χ1n) is 7.82. The maximum absolute atomic E-state index is 11.9. The number of tetrazole rings is 1. The number of carbonyl (C=O) groups is 1. The fourth-order valence-corrected chi connectivity index (χ4v) is 1.98. The lowest BCUT2D eigenvalue weighted by Crippen LogP contribution is -2.28. The van der Waals surface area contributed by atoms with Crippen LogP contribution in [-0.4, -0.2) is 45.9 Å². The second-order valence-electron chi connectivity index (χ2n) is 5.74. The number of hydrogen-bond acceptors (Lipinski definition) is 5. The van der Waals surface area contributed by atoms with Crippen molar-refractivity contribution in [1.82, 2.24) is 25.5 Å². The molecule has 7 heteroatoms. The van der Waals surface area contributed by atoms with Gasteiger partial charge in [0.05, 0.1) is 18.7 Å². The van der Waals surface area contributed by atoms with Crippen LogP contribution in [0, 0.1) is 5.92 Å². The lowest BCUT2D eigenvalue weighted by atomic mass is 10.1. The number of rotatable bonds is 9. The van der Waals surface area contributed by atoms with Crippen LogP contribution < -0.4 is 5.32 Å². The molecule has 0 unspecified atom stereocenters. The van der Waals surface area contributed by atoms with Gasteiger partial charge in [-0.1, -0.05) is 26.0 Å². The highest BCUT2D eigenvalue weighted by atomic mass is 16.5. The highest BCUT2D eigenvalue weighted by molar-refractivity contribution is 5.78. The van der Waals surface area contributed by atoms with Gasteiger partial charge in [-0.3, -0.25) is 4.79 Å². The molecule has 1 aromatic heterocycles. The van der Waals surface area contributed by atoms with Crippen LogP contribution in [0.1, 0.15) is 25.8 Å². The molecule has 23 heavy (non-hydrogen) atoms. The van der Waals surface area contributed by atoms with E-state index in [4.69, 9.17) is 4.74 Å². The number of ether oxygens (including phenoxy) is 1. The standard InChI is InChI=1S/C16H23N5O2/c1-13(2)7-9-23-10-8-17-16(22)11-14-3-5-15(6-4-14)21-12-18-19-20-21/h3-6,12-13H,7-11H2,1-2H3,(H,17,22). The van der Waals surface area contributed by atoms with Gasteiger partial charge in [-0.25, -0.2) is 4.68 Å². The van der Waals surface area contributed by atoms with E-state index in [2.05, 4.69) is 34.7 Å². The van der Waals surface area contributed by atoms with Crippen LogP contribution in [-0.2, 0) is 16.0 Å². The lowest BCUT2D eigenvalue weighted by molar-refractivity contribution is -0.120. The summed E-state index contributed by atoms with van der Waals surface area (Å²) in [4.78, 5) is 11.9. The summed E-state index contributed by atoms with van der Waals surface area (Å²) in [5.74, 6) is 0.633. The Morgan fingerprint density at radius 2 is 2.04 bits per heavy atom. The van der Waals surface area contributed by atoms with E-state index >= 15 is 0 Å². The van der Waals surface area contributed by atoms with E-state index in [0.29, 0.717) is 25.5 Å². The molecule has 1 heterocycles. The minimum atomic E-state index is -0.00682. The van der Waals surface area contributed by atoms with Gasteiger partial charge in [0.2, 0.25) is 5.91 Å². The van der Waals surface area contributed by atoms with Crippen LogP contribution in [0.15, 0.2) is 30.6 Å². The van der Waals surface area contributed by atoms with E-state index in [-0.39, 0.29) is 5.91 Å². The van der Waals surface area contributed by atoms with Gasteiger partial charge in [-0.05, 0) is 40.5 Å². The maximum atomic E-state index is 11.9. The van der Waals surface area contributed by atoms with Crippen LogP contribution in [0.25, 0.3) is 5.69 Å². The third-order valence-corrected chi connectivity index (χ3v) is 3.32. The third-order valence-electron chi connectivity index (χ3n) is 3.32. The van der Waals surface area contributed by atoms with E-state index in [9.17, 15) is 4.79 Å². The number of aromatic nitrogens is 4. The molecule has 0 atom stereocenters. The zero-order chi connectivity index (χ0) is 16.5. The number of amides is 1. The van der Waals surface area contributed by atoms with Crippen molar-refractivity contribution >= 4 is 5.91 Å². The molecule has 7 nitrogen and oxygen atoms in total. The van der Waals surface area contributed by atoms with E-state index in [0.717, 1.165) is 24.3 Å². The highest BCUT2D eigenvalue weighted by Crippen LogP contribution is 2.08. The number of hydrogen-bond donors (Lipinski definition) is 1. The van der Waals surface area contributed by atoms with Crippen LogP contribution in [0.4, 0.5) is 0 Å². The molecular weight excluding hydrogens is 294 g/mol. The minimum Gasteiger partial charge on any atom is -0.380 e. The number of carbonyl (C=O) groups excluding carboxylic acids is 1. The summed E-state index contributed by atoms with van der Waals surface area (Å²) in [6.45, 7) is 6.16. The van der Waals surface area contributed by atoms with Gasteiger partial charge < -0.3 is 10.1 Å². The van der Waals surface area contributed by atoms with Gasteiger partial charge in [-0.2, -0.15) is 0 Å². The summed E-state index contributed by atoms with van der Waals surface area (Å²) in [5.41, 5.74) is 1.80. The van der Waals surface area contributed by atoms with E-state index < -0.39 is 0 Å². The van der Waals surface area contributed by atoms with Crippen molar-refractivity contribution in [1.29, 1.82) is 0 Å². The van der Waals surface area contributed by atoms with Gasteiger partial charge in [0.1, 0.15) is 6.33 Å². The van der Waals surface area contributed by atoms with Crippen molar-refractivity contribution in [2.75, 3.05) is 19.8 Å². The second-order valence-corrected chi connectivity index (χ2v) is 5.74. The molecule has 0 bridgehead atoms. The average molecular weight is 317 g/mol. The van der Waals surface area contributed by atoms with Crippen LogP contribution in [0.5, 0.6) is 0 Å². The summed E-state index contributed by atoms with van der Waals surface area (Å²) >= 11 is 0. The van der Waals surface area contributed by atoms with Crippen molar-refractivity contribution in [2.24, 2.45) is 5.92 Å². The van der Waals surface area contributed by atoms with Crippen LogP contribution in [0.2, 0.25) is 0 Å². The summed E-state index contributed by atoms with van der Waals surface area (Å²) in [6, 6.07) is 7.56. The minimum absolute atomic E-state index is 0.00682. The zero-order valence-corrected chi connectivity index (χ0v) is 13.6. The molecular formula is C16H23N5O2. The fourth-order valence-electron chi connectivity index (χ4n) is 1.98. The Bertz CT molecular complexity index is 581. The van der Waals surface area contributed by atoms with Gasteiger partial charge in [0.25, 0.3) is 0 Å². The Hall–Kier alpha value is -2.28. The predicted molar refractivity (Wildman–Crippen MR) is 86.1 cm³/mol. The predicted octanol–water partition coefficient (Wildman–Crippen LogP) is 1.38. The van der Waals surface area contributed by atoms with Gasteiger partial charge in [0, 0.05) is 13.2 Å². The summed E-state index contributed by atoms with van der Waals surface area (Å²) in [5, 5.41) is 13.9. The monoisotopic (exact) mass is 317 g/mol. The average Bonchev–Trinajstić information content (AvgIpc) is 3.05. The Morgan fingerprint density at radius 1 is 1.26 bits per heavy atom. The van der Waals surface area contributed by atoms with Gasteiger partial charge in [-0.15, -0.1) is 5.10 Å². The molecule has 2 aromatic rings. The van der Waals surface area contributed by atoms with E-state index in [1.165, 1.54) is 6.33 Å². The van der Waals surface area contributed by atoms with Crippen molar-refractivity contribution in [3.05, 3.63) is 36.2 Å². The Morgan fingerprint density at radius 3 is 2.70 bits per heavy atom. The van der Waals surface area contributed by atoms with Crippen molar-refractivity contribution in [3.63, 3.8) is 0 Å². The highest BCUT2D eigenvalue weighted by Gasteiger charge is 2.04. The Balaban J connectivity index is 1.67. The fraction of sp³-hybridized carbons (Fsp3) is 0.500. The number of nitrogens with zero attached hydrogens (tertiary/aromatic N) is 4. The molecule has 0 spiro atoms. The van der Waals surface area contributed by atoms with Crippen LogP contribution in [0.3, 0.4) is 0 Å². The largest absolute Gasteiger partial charge is 0.380 e. The SMILES string of the molecule is CC(C)CCOCCNC(=O)Cc1ccc(-n2cnnn2)cc1. The second kappa shape index (κ2) is 8.99. The molecule has 1 amide bonds. The van der Waals surface area contributed by atoms with Gasteiger partial charge >= 0.3 is 0 Å². The molecule has 0 radical (unpaired) electrons. The van der Waals surface area contributed by atoms with Gasteiger partial charge in [0.15, 0.2) is 0 Å². The molecule has 0 aliphatic carbocycles. The topological polar surface area (TPSA) is 81.9 Å². The van der Waals surface area contributed by atoms with Crippen LogP contribution >= 0.6 is 0 Å². The third kappa shape index (κ3) is 6.15. The first kappa shape index (κ1) is 17.1. The molecule has 0 aliphatic heterocycles. The smallest absolute Gasteiger partial charge is 0.224 e. The Kier molecular flexibility index (Phi) is 6.68. The van der Waals surface area contributed by atoms with Crippen molar-refractivity contribution < 1.29 is 9.53 Å². The first-order valence-corrected chi connectivity index (χ1v) is 7.82. The lowest BCUT2D eigenvalue weighted by Gasteiger charge is -2.08. The quantitative estimate of drug-likeness (QED) is 0.707. The maximum Gasteiger partial charge on any atom is 0.224 e. The zero-order valence-electron chi connectivity index (χ0n) is 13.6. The Labute approximate surface area is 136 Å². The number of benzene rings is 1. The molecule has 1 aromatic carbocycles. The van der Waals surface area contributed by atoms with E-state index in [1.807, 2.05) is 24.3 Å². The van der Waals surface area contributed by atoms with Crippen molar-refractivity contribution in [3.8, 4) is 5.69 Å². The summed E-state index contributed by atoms with van der Waals surface area (Å²) < 4.78 is 7.03. The molecule has 1 N–H and O–H groups in total. The van der Waals surface area contributed by atoms with Crippen molar-refractivity contribution in [2.45, 2.75) is 26.7 Å². The number of nitrogens with one attached hydrogen (secondary N) is 1. The summed E-state index contributed by atoms with van der Waals surface area (Å²) in [7, 11) is 0. The molecule has 2 rings (SSSR count). The molecule has 124 valence electrons. The van der Waals surface area contributed by atoms with E-state index in [1.54, 1.807) is 4.68 Å². The normalized spacial score (nSPS) is 10.9. The first-order chi connectivity index (χ1) is 11.1. The summed E-state index contributed by atoms with van der Waals surface area (Å²) in [6.07, 6.45) is 2.92. The molecule has 0 aliphatic rings. The molecule has 0 fully saturated rings. The molecule has 0 saturated heterocycles. The molecule has 0 saturated carbocycles.